The van der Waals surface area contributed by atoms with Crippen molar-refractivity contribution in [2.75, 3.05) is 6.61 Å². The van der Waals surface area contributed by atoms with Crippen molar-refractivity contribution in [2.45, 2.75) is 46.1 Å². The molecule has 6 heteroatoms. The Hall–Kier alpha value is -0.640. The predicted octanol–water partition coefficient (Wildman–Crippen LogP) is 2.45. The highest BCUT2D eigenvalue weighted by atomic mass is 31.1. The zero-order chi connectivity index (χ0) is 13.5. The molecule has 0 aliphatic carbocycles. The van der Waals surface area contributed by atoms with E-state index in [1.54, 1.807) is 13.8 Å². The number of ether oxygens (including phenoxy) is 1. The Morgan fingerprint density at radius 1 is 1.35 bits per heavy atom. The molecule has 1 atom stereocenters. The molecule has 0 aromatic rings. The third-order valence-electron chi connectivity index (χ3n) is 2.76. The van der Waals surface area contributed by atoms with E-state index in [0.29, 0.717) is 25.0 Å². The summed E-state index contributed by atoms with van der Waals surface area (Å²) in [5.74, 6) is -0.461. The molecule has 100 valence electrons. The molecule has 0 aromatic carbocycles. The molecule has 0 bridgehead atoms. The van der Waals surface area contributed by atoms with Crippen molar-refractivity contribution >= 4 is 14.2 Å². The van der Waals surface area contributed by atoms with Crippen molar-refractivity contribution in [3.63, 3.8) is 0 Å². The lowest BCUT2D eigenvalue weighted by molar-refractivity contribution is -0.137. The molecule has 0 spiro atoms. The Kier molecular flexibility index (Phi) is 7.35. The quantitative estimate of drug-likeness (QED) is 0.434. The van der Waals surface area contributed by atoms with Gasteiger partial charge in [-0.15, -0.1) is 0 Å². The summed E-state index contributed by atoms with van der Waals surface area (Å²) in [6.45, 7) is 7.41. The number of hydrogen-bond acceptors (Lipinski definition) is 4. The summed E-state index contributed by atoms with van der Waals surface area (Å²) in [6, 6.07) is 0. The van der Waals surface area contributed by atoms with Gasteiger partial charge >= 0.3 is 14.2 Å². The van der Waals surface area contributed by atoms with E-state index in [0.717, 1.165) is 0 Å². The van der Waals surface area contributed by atoms with E-state index in [2.05, 4.69) is 0 Å². The zero-order valence-corrected chi connectivity index (χ0v) is 11.8. The van der Waals surface area contributed by atoms with Gasteiger partial charge in [-0.25, -0.2) is 4.79 Å². The van der Waals surface area contributed by atoms with Crippen LogP contribution < -0.4 is 0 Å². The number of esters is 1. The normalized spacial score (nSPS) is 14.5. The topological polar surface area (TPSA) is 72.8 Å². The van der Waals surface area contributed by atoms with Gasteiger partial charge in [0.2, 0.25) is 0 Å². The van der Waals surface area contributed by atoms with Gasteiger partial charge in [0.15, 0.2) is 0 Å². The second-order valence-corrected chi connectivity index (χ2v) is 4.38. The molecule has 5 nitrogen and oxygen atoms in total. The molecule has 0 heterocycles. The Balaban J connectivity index is 5.04. The Morgan fingerprint density at radius 2 is 1.88 bits per heavy atom. The molecule has 0 aliphatic rings. The van der Waals surface area contributed by atoms with E-state index < -0.39 is 19.8 Å². The minimum absolute atomic E-state index is 0.297. The van der Waals surface area contributed by atoms with E-state index in [1.807, 2.05) is 13.8 Å². The lowest BCUT2D eigenvalue weighted by atomic mass is 9.89. The smallest absolute Gasteiger partial charge is 0.330 e. The minimum Gasteiger partial charge on any atom is -0.463 e. The molecular weight excluding hydrogens is 243 g/mol. The summed E-state index contributed by atoms with van der Waals surface area (Å²) in [5.41, 5.74) is -0.259. The van der Waals surface area contributed by atoms with Crippen LogP contribution in [0.3, 0.4) is 0 Å². The van der Waals surface area contributed by atoms with Crippen molar-refractivity contribution in [1.29, 1.82) is 0 Å². The fourth-order valence-corrected chi connectivity index (χ4v) is 2.48. The van der Waals surface area contributed by atoms with Crippen molar-refractivity contribution < 1.29 is 23.5 Å². The average molecular weight is 264 g/mol. The number of carbonyl (C=O) groups is 1. The maximum absolute atomic E-state index is 11.3. The monoisotopic (exact) mass is 264 g/mol. The molecule has 17 heavy (non-hydrogen) atoms. The van der Waals surface area contributed by atoms with Crippen LogP contribution in [0, 0.1) is 0 Å². The van der Waals surface area contributed by atoms with E-state index >= 15 is 0 Å². The first-order valence-electron chi connectivity index (χ1n) is 5.69. The van der Waals surface area contributed by atoms with Crippen LogP contribution in [0.5, 0.6) is 0 Å². The zero-order valence-electron chi connectivity index (χ0n) is 10.8. The maximum atomic E-state index is 11.3. The maximum Gasteiger partial charge on any atom is 0.330 e. The molecule has 1 N–H and O–H groups in total. The number of hydrogen-bond donors (Lipinski definition) is 1. The first-order chi connectivity index (χ1) is 7.91. The van der Waals surface area contributed by atoms with E-state index in [9.17, 15) is 9.36 Å². The first kappa shape index (κ1) is 16.4. The van der Waals surface area contributed by atoms with Crippen LogP contribution in [-0.2, 0) is 18.6 Å². The van der Waals surface area contributed by atoms with Crippen LogP contribution >= 0.6 is 8.25 Å². The van der Waals surface area contributed by atoms with Crippen LogP contribution in [0.4, 0.5) is 0 Å². The van der Waals surface area contributed by atoms with Gasteiger partial charge < -0.3 is 9.63 Å². The average Bonchev–Trinajstić information content (AvgIpc) is 2.25. The van der Waals surface area contributed by atoms with Gasteiger partial charge in [-0.1, -0.05) is 13.8 Å². The van der Waals surface area contributed by atoms with E-state index in [1.165, 1.54) is 6.08 Å². The van der Waals surface area contributed by atoms with Crippen LogP contribution in [-0.4, -0.2) is 23.1 Å². The van der Waals surface area contributed by atoms with Crippen molar-refractivity contribution in [1.82, 2.24) is 0 Å². The summed E-state index contributed by atoms with van der Waals surface area (Å²) >= 11 is 0. The van der Waals surface area contributed by atoms with Crippen LogP contribution in [0.2, 0.25) is 0 Å². The van der Waals surface area contributed by atoms with Crippen molar-refractivity contribution in [3.05, 3.63) is 11.6 Å². The van der Waals surface area contributed by atoms with Gasteiger partial charge in [-0.3, -0.25) is 9.09 Å². The molecule has 0 aliphatic heterocycles. The highest BCUT2D eigenvalue weighted by Crippen LogP contribution is 2.37. The highest BCUT2D eigenvalue weighted by molar-refractivity contribution is 7.32. The fraction of sp³-hybridized carbons (Fsp3) is 0.727. The molecule has 0 aromatic heterocycles. The summed E-state index contributed by atoms with van der Waals surface area (Å²) in [4.78, 5) is 20.2. The van der Waals surface area contributed by atoms with Crippen molar-refractivity contribution in [3.8, 4) is 0 Å². The van der Waals surface area contributed by atoms with E-state index in [4.69, 9.17) is 14.2 Å². The molecular formula is C11H21O5P. The summed E-state index contributed by atoms with van der Waals surface area (Å²) in [6.07, 6.45) is 2.35. The lowest BCUT2D eigenvalue weighted by Gasteiger charge is -2.31. The van der Waals surface area contributed by atoms with Crippen LogP contribution in [0.1, 0.15) is 40.5 Å². The lowest BCUT2D eigenvalue weighted by Crippen LogP contribution is -2.30. The van der Waals surface area contributed by atoms with E-state index in [-0.39, 0.29) is 0 Å². The second-order valence-electron chi connectivity index (χ2n) is 3.65. The minimum atomic E-state index is -3.05. The summed E-state index contributed by atoms with van der Waals surface area (Å²) in [5, 5.41) is 0. The predicted molar refractivity (Wildman–Crippen MR) is 66.0 cm³/mol. The molecule has 0 rings (SSSR count). The first-order valence-corrected chi connectivity index (χ1v) is 6.95. The standard InChI is InChI=1S/C11H21O5P/c1-5-11(6-2,16-17(13)14)9(4)8-10(12)15-7-3/h8,17H,5-7H2,1-4H3,(H,13,14). The number of carbonyl (C=O) groups excluding carboxylic acids is 1. The van der Waals surface area contributed by atoms with Crippen LogP contribution in [0.25, 0.3) is 0 Å². The second kappa shape index (κ2) is 7.64. The summed E-state index contributed by atoms with van der Waals surface area (Å²) < 4.78 is 20.8. The molecule has 0 saturated carbocycles. The SMILES string of the molecule is CCOC(=O)C=C(C)C(CC)(CC)O[PH](=O)O. The van der Waals surface area contributed by atoms with Gasteiger partial charge in [0.1, 0.15) is 0 Å². The largest absolute Gasteiger partial charge is 0.463 e. The van der Waals surface area contributed by atoms with Gasteiger partial charge in [0.25, 0.3) is 0 Å². The van der Waals surface area contributed by atoms with Gasteiger partial charge in [-0.05, 0) is 32.3 Å². The fourth-order valence-electron chi connectivity index (χ4n) is 1.69. The number of rotatable bonds is 7. The third kappa shape index (κ3) is 5.02. The Morgan fingerprint density at radius 3 is 2.24 bits per heavy atom. The molecule has 0 radical (unpaired) electrons. The molecule has 0 amide bonds. The highest BCUT2D eigenvalue weighted by Gasteiger charge is 2.31. The molecule has 0 saturated heterocycles. The Labute approximate surface area is 103 Å². The van der Waals surface area contributed by atoms with Crippen LogP contribution in [0.15, 0.2) is 11.6 Å². The van der Waals surface area contributed by atoms with Gasteiger partial charge in [0.05, 0.1) is 12.2 Å². The molecule has 0 fully saturated rings. The van der Waals surface area contributed by atoms with Crippen molar-refractivity contribution in [2.24, 2.45) is 0 Å². The summed E-state index contributed by atoms with van der Waals surface area (Å²) in [7, 11) is -3.05. The Bertz CT molecular complexity index is 307. The third-order valence-corrected chi connectivity index (χ3v) is 3.33. The molecule has 1 unspecified atom stereocenters. The van der Waals surface area contributed by atoms with Gasteiger partial charge in [-0.2, -0.15) is 0 Å². The van der Waals surface area contributed by atoms with Gasteiger partial charge in [0, 0.05) is 6.08 Å².